The van der Waals surface area contributed by atoms with Crippen LogP contribution in [-0.2, 0) is 4.74 Å². The molecule has 0 radical (unpaired) electrons. The molecular weight excluding hydrogens is 332 g/mol. The highest BCUT2D eigenvalue weighted by molar-refractivity contribution is 5.93. The smallest absolute Gasteiger partial charge is 0.270 e. The molecule has 0 aliphatic rings. The number of nitrogens with zero attached hydrogens (tertiary/aromatic N) is 2. The summed E-state index contributed by atoms with van der Waals surface area (Å²) in [6.07, 6.45) is 0.802. The maximum Gasteiger partial charge on any atom is 0.270 e. The van der Waals surface area contributed by atoms with Gasteiger partial charge in [-0.1, -0.05) is 12.1 Å². The molecule has 0 saturated carbocycles. The number of ether oxygens (including phenoxy) is 2. The summed E-state index contributed by atoms with van der Waals surface area (Å²) < 4.78 is 10.8. The Hall–Kier alpha value is -2.67. The summed E-state index contributed by atoms with van der Waals surface area (Å²) in [6.45, 7) is 6.82. The number of benzene rings is 1. The number of aryl methyl sites for hydroxylation is 1. The number of anilines is 2. The van der Waals surface area contributed by atoms with Crippen LogP contribution >= 0.6 is 0 Å². The van der Waals surface area contributed by atoms with E-state index in [-0.39, 0.29) is 12.0 Å². The maximum absolute atomic E-state index is 12.3. The van der Waals surface area contributed by atoms with Crippen LogP contribution < -0.4 is 15.4 Å². The van der Waals surface area contributed by atoms with Crippen LogP contribution in [0.2, 0.25) is 0 Å². The van der Waals surface area contributed by atoms with Crippen LogP contribution in [-0.4, -0.2) is 42.2 Å². The van der Waals surface area contributed by atoms with Gasteiger partial charge in [0.05, 0.1) is 11.8 Å². The van der Waals surface area contributed by atoms with Crippen molar-refractivity contribution < 1.29 is 14.3 Å². The van der Waals surface area contributed by atoms with Crippen LogP contribution in [0.4, 0.5) is 11.5 Å². The van der Waals surface area contributed by atoms with Crippen molar-refractivity contribution in [1.29, 1.82) is 0 Å². The number of aromatic nitrogens is 2. The van der Waals surface area contributed by atoms with Gasteiger partial charge in [-0.05, 0) is 39.3 Å². The summed E-state index contributed by atoms with van der Waals surface area (Å²) >= 11 is 0. The lowest BCUT2D eigenvalue weighted by atomic mass is 10.2. The van der Waals surface area contributed by atoms with Gasteiger partial charge in [-0.2, -0.15) is 0 Å². The lowest BCUT2D eigenvalue weighted by Crippen LogP contribution is -2.26. The van der Waals surface area contributed by atoms with Crippen molar-refractivity contribution in [3.63, 3.8) is 0 Å². The minimum absolute atomic E-state index is 0.0542. The minimum Gasteiger partial charge on any atom is -0.489 e. The van der Waals surface area contributed by atoms with Crippen LogP contribution in [0.1, 0.15) is 36.6 Å². The summed E-state index contributed by atoms with van der Waals surface area (Å²) in [5.41, 5.74) is 1.10. The predicted octanol–water partition coefficient (Wildman–Crippen LogP) is 3.08. The van der Waals surface area contributed by atoms with Crippen LogP contribution in [0.25, 0.3) is 0 Å². The molecule has 0 spiro atoms. The van der Waals surface area contributed by atoms with E-state index in [9.17, 15) is 4.79 Å². The summed E-state index contributed by atoms with van der Waals surface area (Å²) in [7, 11) is 1.63. The van der Waals surface area contributed by atoms with E-state index in [1.165, 1.54) is 0 Å². The van der Waals surface area contributed by atoms with Crippen molar-refractivity contribution >= 4 is 17.4 Å². The molecule has 2 N–H and O–H groups in total. The molecule has 0 unspecified atom stereocenters. The Balaban J connectivity index is 2.14. The molecule has 0 saturated heterocycles. The number of hydrogen-bond acceptors (Lipinski definition) is 6. The second-order valence-corrected chi connectivity index (χ2v) is 6.08. The van der Waals surface area contributed by atoms with Crippen LogP contribution in [0.15, 0.2) is 30.3 Å². The second kappa shape index (κ2) is 9.72. The van der Waals surface area contributed by atoms with Crippen LogP contribution in [0.3, 0.4) is 0 Å². The summed E-state index contributed by atoms with van der Waals surface area (Å²) in [5.74, 6) is 1.55. The number of rotatable bonds is 9. The van der Waals surface area contributed by atoms with Gasteiger partial charge in [0, 0.05) is 26.3 Å². The molecule has 140 valence electrons. The lowest BCUT2D eigenvalue weighted by molar-refractivity contribution is 0.0943. The average Bonchev–Trinajstić information content (AvgIpc) is 2.59. The molecule has 1 heterocycles. The highest BCUT2D eigenvalue weighted by atomic mass is 16.5. The number of carbonyl (C=O) groups is 1. The zero-order valence-corrected chi connectivity index (χ0v) is 15.7. The van der Waals surface area contributed by atoms with E-state index in [0.29, 0.717) is 30.5 Å². The van der Waals surface area contributed by atoms with Crippen LogP contribution in [0.5, 0.6) is 5.75 Å². The molecule has 1 aromatic heterocycles. The Morgan fingerprint density at radius 1 is 1.23 bits per heavy atom. The second-order valence-electron chi connectivity index (χ2n) is 6.08. The van der Waals surface area contributed by atoms with Crippen LogP contribution in [0, 0.1) is 6.92 Å². The van der Waals surface area contributed by atoms with E-state index in [2.05, 4.69) is 20.6 Å². The first-order valence-corrected chi connectivity index (χ1v) is 8.65. The van der Waals surface area contributed by atoms with Crippen molar-refractivity contribution in [2.75, 3.05) is 25.6 Å². The van der Waals surface area contributed by atoms with Crippen molar-refractivity contribution in [3.05, 3.63) is 41.9 Å². The lowest BCUT2D eigenvalue weighted by Gasteiger charge is -2.15. The first kappa shape index (κ1) is 19.7. The summed E-state index contributed by atoms with van der Waals surface area (Å²) in [6, 6.07) is 9.24. The molecule has 7 nitrogen and oxygen atoms in total. The number of hydrogen-bond donors (Lipinski definition) is 2. The maximum atomic E-state index is 12.3. The van der Waals surface area contributed by atoms with E-state index in [1.54, 1.807) is 20.1 Å². The Morgan fingerprint density at radius 2 is 2.00 bits per heavy atom. The number of amides is 1. The number of para-hydroxylation sites is 2. The molecule has 7 heteroatoms. The van der Waals surface area contributed by atoms with Crippen molar-refractivity contribution in [2.24, 2.45) is 0 Å². The van der Waals surface area contributed by atoms with Gasteiger partial charge < -0.3 is 20.1 Å². The summed E-state index contributed by atoms with van der Waals surface area (Å²) in [5, 5.41) is 6.04. The average molecular weight is 358 g/mol. The van der Waals surface area contributed by atoms with E-state index in [1.807, 2.05) is 38.1 Å². The fraction of sp³-hybridized carbons (Fsp3) is 0.421. The first-order valence-electron chi connectivity index (χ1n) is 8.65. The molecule has 2 rings (SSSR count). The molecule has 0 fully saturated rings. The molecule has 0 atom stereocenters. The normalized spacial score (nSPS) is 10.7. The van der Waals surface area contributed by atoms with Crippen molar-refractivity contribution in [1.82, 2.24) is 15.3 Å². The third-order valence-electron chi connectivity index (χ3n) is 3.39. The van der Waals surface area contributed by atoms with E-state index < -0.39 is 0 Å². The molecule has 2 aromatic rings. The Kier molecular flexibility index (Phi) is 7.35. The third-order valence-corrected chi connectivity index (χ3v) is 3.39. The molecule has 1 aromatic carbocycles. The van der Waals surface area contributed by atoms with Gasteiger partial charge in [0.2, 0.25) is 0 Å². The monoisotopic (exact) mass is 358 g/mol. The van der Waals surface area contributed by atoms with Gasteiger partial charge in [-0.25, -0.2) is 9.97 Å². The topological polar surface area (TPSA) is 85.4 Å². The third kappa shape index (κ3) is 6.00. The van der Waals surface area contributed by atoms with Crippen molar-refractivity contribution in [3.8, 4) is 5.75 Å². The largest absolute Gasteiger partial charge is 0.489 e. The molecule has 0 aliphatic carbocycles. The number of nitrogens with one attached hydrogen (secondary N) is 2. The summed E-state index contributed by atoms with van der Waals surface area (Å²) in [4.78, 5) is 20.9. The van der Waals surface area contributed by atoms with Gasteiger partial charge in [0.15, 0.2) is 0 Å². The first-order chi connectivity index (χ1) is 12.5. The Bertz CT molecular complexity index is 734. The number of carbonyl (C=O) groups excluding carboxylic acids is 1. The predicted molar refractivity (Wildman–Crippen MR) is 101 cm³/mol. The quantitative estimate of drug-likeness (QED) is 0.670. The van der Waals surface area contributed by atoms with E-state index >= 15 is 0 Å². The highest BCUT2D eigenvalue weighted by Gasteiger charge is 2.12. The molecule has 1 amide bonds. The molecule has 26 heavy (non-hydrogen) atoms. The Labute approximate surface area is 154 Å². The minimum atomic E-state index is -0.235. The van der Waals surface area contributed by atoms with E-state index in [4.69, 9.17) is 9.47 Å². The van der Waals surface area contributed by atoms with Crippen molar-refractivity contribution in [2.45, 2.75) is 33.3 Å². The molecular formula is C19H26N4O3. The van der Waals surface area contributed by atoms with Gasteiger partial charge in [0.1, 0.15) is 23.1 Å². The molecule has 0 bridgehead atoms. The Morgan fingerprint density at radius 3 is 2.73 bits per heavy atom. The van der Waals surface area contributed by atoms with Gasteiger partial charge in [-0.15, -0.1) is 0 Å². The zero-order valence-electron chi connectivity index (χ0n) is 15.7. The zero-order chi connectivity index (χ0) is 18.9. The fourth-order valence-corrected chi connectivity index (χ4v) is 2.32. The number of methoxy groups -OCH3 is 1. The molecule has 0 aliphatic heterocycles. The van der Waals surface area contributed by atoms with Gasteiger partial charge in [-0.3, -0.25) is 4.79 Å². The SMILES string of the molecule is COCCCNC(=O)c1cc(Nc2ccccc2OC(C)C)nc(C)n1. The van der Waals surface area contributed by atoms with Gasteiger partial charge >= 0.3 is 0 Å². The standard InChI is InChI=1S/C19H26N4O3/c1-13(2)26-17-9-6-5-8-15(17)23-18-12-16(21-14(3)22-18)19(24)20-10-7-11-25-4/h5-6,8-9,12-13H,7,10-11H2,1-4H3,(H,20,24)(H,21,22,23). The fourth-order valence-electron chi connectivity index (χ4n) is 2.32. The highest BCUT2D eigenvalue weighted by Crippen LogP contribution is 2.27. The van der Waals surface area contributed by atoms with E-state index in [0.717, 1.165) is 17.9 Å². The van der Waals surface area contributed by atoms with Gasteiger partial charge in [0.25, 0.3) is 5.91 Å².